The number of aliphatic hydroxyl groups is 1. The lowest BCUT2D eigenvalue weighted by Gasteiger charge is -2.37. The molecule has 0 saturated carbocycles. The number of carbonyl (C=O) groups is 1. The van der Waals surface area contributed by atoms with Crippen molar-refractivity contribution in [3.8, 4) is 0 Å². The molecule has 8 heteroatoms. The maximum Gasteiger partial charge on any atom is 0.252 e. The third-order valence-corrected chi connectivity index (χ3v) is 8.94. The fourth-order valence-corrected chi connectivity index (χ4v) is 6.91. The molecule has 0 radical (unpaired) electrons. The summed E-state index contributed by atoms with van der Waals surface area (Å²) in [5.74, 6) is 0.685. The minimum Gasteiger partial charge on any atom is -0.396 e. The molecule has 0 aromatic carbocycles. The van der Waals surface area contributed by atoms with E-state index in [1.165, 1.54) is 15.6 Å². The maximum atomic E-state index is 12.8. The lowest BCUT2D eigenvalue weighted by molar-refractivity contribution is -0.136. The molecule has 2 aliphatic heterocycles. The van der Waals surface area contributed by atoms with Gasteiger partial charge in [0.05, 0.1) is 0 Å². The molecular weight excluding hydrogens is 372 g/mol. The largest absolute Gasteiger partial charge is 0.396 e. The quantitative estimate of drug-likeness (QED) is 0.819. The monoisotopic (exact) mass is 400 g/mol. The molecule has 2 fully saturated rings. The zero-order chi connectivity index (χ0) is 18.9. The van der Waals surface area contributed by atoms with E-state index >= 15 is 0 Å². The molecular formula is C18H28N2O4S2. The van der Waals surface area contributed by atoms with Gasteiger partial charge in [-0.3, -0.25) is 4.79 Å². The number of sulfonamides is 1. The highest BCUT2D eigenvalue weighted by Gasteiger charge is 2.43. The third-order valence-electron chi connectivity index (χ3n) is 5.73. The van der Waals surface area contributed by atoms with Crippen LogP contribution in [-0.4, -0.2) is 61.4 Å². The molecule has 1 amide bonds. The normalized spacial score (nSPS) is 25.9. The first-order valence-electron chi connectivity index (χ1n) is 9.28. The standard InChI is InChI=1S/C18H28N2O4S2/c1-13(2)18(22)19-7-5-14(6-8-19)16-11-20(10-15(16)12-21)26(23,24)17-4-3-9-25-17/h3-4,9,13-16,21H,5-8,10-12H2,1-2H3/t15-,16-/m0/s1. The average Bonchev–Trinajstić information content (AvgIpc) is 3.31. The number of nitrogens with zero attached hydrogens (tertiary/aromatic N) is 2. The first-order chi connectivity index (χ1) is 12.3. The van der Waals surface area contributed by atoms with Crippen molar-refractivity contribution >= 4 is 27.3 Å². The van der Waals surface area contributed by atoms with Crippen LogP contribution < -0.4 is 0 Å². The van der Waals surface area contributed by atoms with E-state index < -0.39 is 10.0 Å². The summed E-state index contributed by atoms with van der Waals surface area (Å²) >= 11 is 1.23. The lowest BCUT2D eigenvalue weighted by Crippen LogP contribution is -2.43. The Bertz CT molecular complexity index is 710. The van der Waals surface area contributed by atoms with E-state index in [0.29, 0.717) is 23.2 Å². The van der Waals surface area contributed by atoms with Gasteiger partial charge in [-0.2, -0.15) is 4.31 Å². The van der Waals surface area contributed by atoms with Crippen LogP contribution in [-0.2, 0) is 14.8 Å². The second kappa shape index (κ2) is 7.96. The number of carbonyl (C=O) groups excluding carboxylic acids is 1. The maximum absolute atomic E-state index is 12.8. The molecule has 2 saturated heterocycles. The van der Waals surface area contributed by atoms with Crippen LogP contribution in [0.5, 0.6) is 0 Å². The molecule has 1 N–H and O–H groups in total. The molecule has 1 aromatic rings. The predicted molar refractivity (Wildman–Crippen MR) is 101 cm³/mol. The van der Waals surface area contributed by atoms with Gasteiger partial charge >= 0.3 is 0 Å². The summed E-state index contributed by atoms with van der Waals surface area (Å²) in [7, 11) is -3.47. The van der Waals surface area contributed by atoms with Crippen LogP contribution in [0.15, 0.2) is 21.7 Å². The van der Waals surface area contributed by atoms with Crippen LogP contribution in [0, 0.1) is 23.7 Å². The Morgan fingerprint density at radius 1 is 1.31 bits per heavy atom. The Kier molecular flexibility index (Phi) is 6.06. The number of thiophene rings is 1. The van der Waals surface area contributed by atoms with E-state index in [-0.39, 0.29) is 30.3 Å². The van der Waals surface area contributed by atoms with Crippen LogP contribution in [0.3, 0.4) is 0 Å². The van der Waals surface area contributed by atoms with Crippen molar-refractivity contribution in [1.29, 1.82) is 0 Å². The van der Waals surface area contributed by atoms with E-state index in [1.807, 2.05) is 18.7 Å². The van der Waals surface area contributed by atoms with Gasteiger partial charge in [0, 0.05) is 44.6 Å². The van der Waals surface area contributed by atoms with E-state index in [1.54, 1.807) is 17.5 Å². The number of aliphatic hydroxyl groups excluding tert-OH is 1. The highest BCUT2D eigenvalue weighted by molar-refractivity contribution is 7.91. The number of piperidine rings is 1. The van der Waals surface area contributed by atoms with Crippen molar-refractivity contribution in [2.75, 3.05) is 32.8 Å². The van der Waals surface area contributed by atoms with E-state index in [2.05, 4.69) is 0 Å². The van der Waals surface area contributed by atoms with Crippen molar-refractivity contribution in [2.45, 2.75) is 30.9 Å². The number of rotatable bonds is 5. The van der Waals surface area contributed by atoms with E-state index in [9.17, 15) is 18.3 Å². The van der Waals surface area contributed by atoms with Crippen LogP contribution in [0.1, 0.15) is 26.7 Å². The zero-order valence-corrected chi connectivity index (χ0v) is 17.0. The fraction of sp³-hybridized carbons (Fsp3) is 0.722. The van der Waals surface area contributed by atoms with Gasteiger partial charge in [0.15, 0.2) is 0 Å². The van der Waals surface area contributed by atoms with Crippen LogP contribution >= 0.6 is 11.3 Å². The fourth-order valence-electron chi connectivity index (χ4n) is 4.23. The second-order valence-electron chi connectivity index (χ2n) is 7.68. The first-order valence-corrected chi connectivity index (χ1v) is 11.6. The summed E-state index contributed by atoms with van der Waals surface area (Å²) in [6.45, 7) is 6.15. The molecule has 3 heterocycles. The number of hydrogen-bond donors (Lipinski definition) is 1. The summed E-state index contributed by atoms with van der Waals surface area (Å²) < 4.78 is 27.5. The second-order valence-corrected chi connectivity index (χ2v) is 10.8. The summed E-state index contributed by atoms with van der Waals surface area (Å²) in [5, 5.41) is 11.6. The highest BCUT2D eigenvalue weighted by Crippen LogP contribution is 2.38. The summed E-state index contributed by atoms with van der Waals surface area (Å²) in [5.41, 5.74) is 0. The smallest absolute Gasteiger partial charge is 0.252 e. The molecule has 2 aliphatic rings. The summed E-state index contributed by atoms with van der Waals surface area (Å²) in [4.78, 5) is 14.1. The van der Waals surface area contributed by atoms with Gasteiger partial charge in [-0.05, 0) is 36.1 Å². The molecule has 0 unspecified atom stereocenters. The highest BCUT2D eigenvalue weighted by atomic mass is 32.2. The van der Waals surface area contributed by atoms with Crippen LogP contribution in [0.2, 0.25) is 0 Å². The molecule has 26 heavy (non-hydrogen) atoms. The summed E-state index contributed by atoms with van der Waals surface area (Å²) in [6.07, 6.45) is 1.76. The van der Waals surface area contributed by atoms with Gasteiger partial charge in [-0.15, -0.1) is 11.3 Å². The van der Waals surface area contributed by atoms with Crippen molar-refractivity contribution in [3.63, 3.8) is 0 Å². The number of amides is 1. The SMILES string of the molecule is CC(C)C(=O)N1CCC([C@@H]2CN(S(=O)(=O)c3cccs3)C[C@H]2CO)CC1. The molecule has 0 spiro atoms. The Morgan fingerprint density at radius 2 is 2.00 bits per heavy atom. The molecule has 0 aliphatic carbocycles. The topological polar surface area (TPSA) is 77.9 Å². The molecule has 3 rings (SSSR count). The van der Waals surface area contributed by atoms with Crippen molar-refractivity contribution in [1.82, 2.24) is 9.21 Å². The Balaban J connectivity index is 1.66. The Labute approximate surface area is 159 Å². The molecule has 146 valence electrons. The third kappa shape index (κ3) is 3.83. The Morgan fingerprint density at radius 3 is 2.54 bits per heavy atom. The van der Waals surface area contributed by atoms with Crippen LogP contribution in [0.25, 0.3) is 0 Å². The van der Waals surface area contributed by atoms with Gasteiger partial charge < -0.3 is 10.0 Å². The number of likely N-dealkylation sites (tertiary alicyclic amines) is 1. The van der Waals surface area contributed by atoms with Gasteiger partial charge in [0.2, 0.25) is 5.91 Å². The van der Waals surface area contributed by atoms with Gasteiger partial charge in [-0.25, -0.2) is 8.42 Å². The van der Waals surface area contributed by atoms with Gasteiger partial charge in [0.25, 0.3) is 10.0 Å². The van der Waals surface area contributed by atoms with Crippen molar-refractivity contribution in [2.24, 2.45) is 23.7 Å². The van der Waals surface area contributed by atoms with E-state index in [0.717, 1.165) is 25.9 Å². The van der Waals surface area contributed by atoms with Crippen molar-refractivity contribution < 1.29 is 18.3 Å². The zero-order valence-electron chi connectivity index (χ0n) is 15.4. The predicted octanol–water partition coefficient (Wildman–Crippen LogP) is 1.87. The van der Waals surface area contributed by atoms with Gasteiger partial charge in [0.1, 0.15) is 4.21 Å². The molecule has 2 atom stereocenters. The first kappa shape index (κ1) is 19.8. The number of hydrogen-bond acceptors (Lipinski definition) is 5. The Hall–Kier alpha value is -0.960. The minimum atomic E-state index is -3.47. The summed E-state index contributed by atoms with van der Waals surface area (Å²) in [6, 6.07) is 3.38. The van der Waals surface area contributed by atoms with Crippen molar-refractivity contribution in [3.05, 3.63) is 17.5 Å². The van der Waals surface area contributed by atoms with Gasteiger partial charge in [-0.1, -0.05) is 19.9 Å². The average molecular weight is 401 g/mol. The minimum absolute atomic E-state index is 0.00622. The molecule has 0 bridgehead atoms. The molecule has 1 aromatic heterocycles. The van der Waals surface area contributed by atoms with Crippen LogP contribution in [0.4, 0.5) is 0 Å². The van der Waals surface area contributed by atoms with E-state index in [4.69, 9.17) is 0 Å². The molecule has 6 nitrogen and oxygen atoms in total. The lowest BCUT2D eigenvalue weighted by atomic mass is 9.78.